The second kappa shape index (κ2) is 10.5. The highest BCUT2D eigenvalue weighted by Crippen LogP contribution is 2.60. The van der Waals surface area contributed by atoms with Crippen LogP contribution in [0.3, 0.4) is 0 Å². The minimum absolute atomic E-state index is 0.0256. The summed E-state index contributed by atoms with van der Waals surface area (Å²) in [5, 5.41) is 12.0. The average Bonchev–Trinajstić information content (AvgIpc) is 3.26. The normalized spacial score (nSPS) is 24.9. The first-order chi connectivity index (χ1) is 18.6. The molecule has 6 nitrogen and oxygen atoms in total. The summed E-state index contributed by atoms with van der Waals surface area (Å²) in [5.41, 5.74) is -3.79. The lowest BCUT2D eigenvalue weighted by atomic mass is 9.71. The quantitative estimate of drug-likeness (QED) is 0.346. The van der Waals surface area contributed by atoms with Gasteiger partial charge in [-0.05, 0) is 85.4 Å². The standard InChI is InChI=1S/C28H30F5NO5S/c1-16(36)34-24(15-35)25(37)14-18-11-12-27(40(38,39)21-7-5-20(29)6-8-21)22(18)9-3-17-13-19(4-10-23(17)27)26(2,30)28(31,32)33/h4-8,10,13,18,22,24,35H,3,9,11-12,14-15H2,1-2H3,(H,34,36)/t18-,22-,24?,26?,27-/m0/s1. The average molecular weight is 588 g/mol. The van der Waals surface area contributed by atoms with E-state index in [-0.39, 0.29) is 48.1 Å². The molecule has 2 aliphatic rings. The Hall–Kier alpha value is -2.86. The molecular weight excluding hydrogens is 557 g/mol. The van der Waals surface area contributed by atoms with Gasteiger partial charge < -0.3 is 10.4 Å². The number of amides is 1. The molecule has 0 radical (unpaired) electrons. The molecule has 0 saturated heterocycles. The minimum atomic E-state index is -5.19. The summed E-state index contributed by atoms with van der Waals surface area (Å²) in [6.07, 6.45) is -4.69. The SMILES string of the molecule is CC(=O)NC(CO)C(=O)C[C@@H]1CC[C@@]2(S(=O)(=O)c3ccc(F)cc3)c3ccc(C(C)(F)C(F)(F)F)cc3CC[C@@H]12. The number of aliphatic hydroxyl groups excluding tert-OH is 1. The molecule has 0 aromatic heterocycles. The van der Waals surface area contributed by atoms with Crippen LogP contribution in [0.2, 0.25) is 0 Å². The van der Waals surface area contributed by atoms with Crippen LogP contribution in [0.4, 0.5) is 22.0 Å². The molecule has 40 heavy (non-hydrogen) atoms. The van der Waals surface area contributed by atoms with Gasteiger partial charge in [0.1, 0.15) is 16.6 Å². The van der Waals surface area contributed by atoms with Crippen LogP contribution in [-0.4, -0.2) is 44.0 Å². The maximum absolute atomic E-state index is 14.8. The number of hydrogen-bond donors (Lipinski definition) is 2. The van der Waals surface area contributed by atoms with Gasteiger partial charge in [-0.2, -0.15) is 13.2 Å². The number of carbonyl (C=O) groups excluding carboxylic acids is 2. The van der Waals surface area contributed by atoms with E-state index < -0.39 is 74.0 Å². The molecule has 12 heteroatoms. The lowest BCUT2D eigenvalue weighted by molar-refractivity contribution is -0.228. The fourth-order valence-corrected chi connectivity index (χ4v) is 8.87. The molecule has 218 valence electrons. The van der Waals surface area contributed by atoms with Crippen molar-refractivity contribution in [3.8, 4) is 0 Å². The van der Waals surface area contributed by atoms with Crippen LogP contribution in [0.15, 0.2) is 47.4 Å². The van der Waals surface area contributed by atoms with Crippen molar-refractivity contribution >= 4 is 21.5 Å². The van der Waals surface area contributed by atoms with Crippen molar-refractivity contribution in [2.75, 3.05) is 6.61 Å². The van der Waals surface area contributed by atoms with Gasteiger partial charge in [-0.15, -0.1) is 0 Å². The Bertz CT molecular complexity index is 1410. The van der Waals surface area contributed by atoms with Gasteiger partial charge in [-0.25, -0.2) is 17.2 Å². The number of rotatable bonds is 8. The summed E-state index contributed by atoms with van der Waals surface area (Å²) in [4.78, 5) is 24.3. The van der Waals surface area contributed by atoms with Gasteiger partial charge in [-0.3, -0.25) is 9.59 Å². The number of halogens is 5. The Morgan fingerprint density at radius 1 is 1.10 bits per heavy atom. The molecule has 1 amide bonds. The van der Waals surface area contributed by atoms with Crippen LogP contribution in [0.1, 0.15) is 56.2 Å². The molecule has 0 aliphatic heterocycles. The zero-order valence-corrected chi connectivity index (χ0v) is 22.7. The predicted octanol–water partition coefficient (Wildman–Crippen LogP) is 4.67. The number of carbonyl (C=O) groups is 2. The van der Waals surface area contributed by atoms with Gasteiger partial charge in [0.25, 0.3) is 0 Å². The molecule has 0 bridgehead atoms. The molecule has 2 aromatic rings. The van der Waals surface area contributed by atoms with Crippen LogP contribution in [0.25, 0.3) is 0 Å². The van der Waals surface area contributed by atoms with E-state index >= 15 is 0 Å². The monoisotopic (exact) mass is 587 g/mol. The lowest BCUT2D eigenvalue weighted by Gasteiger charge is -2.43. The van der Waals surface area contributed by atoms with Gasteiger partial charge in [0.05, 0.1) is 11.5 Å². The summed E-state index contributed by atoms with van der Waals surface area (Å²) in [6.45, 7) is 0.968. The zero-order valence-electron chi connectivity index (χ0n) is 21.9. The number of sulfone groups is 1. The Morgan fingerprint density at radius 3 is 2.33 bits per heavy atom. The molecule has 2 aromatic carbocycles. The third kappa shape index (κ3) is 4.93. The van der Waals surface area contributed by atoms with Gasteiger partial charge in [0.2, 0.25) is 11.6 Å². The summed E-state index contributed by atoms with van der Waals surface area (Å²) in [5.74, 6) is -2.79. The van der Waals surface area contributed by atoms with Crippen molar-refractivity contribution in [2.24, 2.45) is 11.8 Å². The van der Waals surface area contributed by atoms with Crippen molar-refractivity contribution < 1.29 is 45.1 Å². The number of alkyl halides is 4. The second-order valence-corrected chi connectivity index (χ2v) is 13.0. The van der Waals surface area contributed by atoms with Crippen molar-refractivity contribution in [3.05, 3.63) is 65.0 Å². The van der Waals surface area contributed by atoms with Crippen molar-refractivity contribution in [2.45, 2.75) is 73.5 Å². The molecular formula is C28H30F5NO5S. The van der Waals surface area contributed by atoms with E-state index in [0.717, 1.165) is 36.4 Å². The van der Waals surface area contributed by atoms with Gasteiger partial charge >= 0.3 is 6.18 Å². The molecule has 1 saturated carbocycles. The molecule has 0 heterocycles. The fraction of sp³-hybridized carbons (Fsp3) is 0.500. The van der Waals surface area contributed by atoms with E-state index in [1.54, 1.807) is 0 Å². The Labute approximate surface area is 228 Å². The number of benzene rings is 2. The van der Waals surface area contributed by atoms with E-state index in [1.807, 2.05) is 0 Å². The van der Waals surface area contributed by atoms with Gasteiger partial charge in [-0.1, -0.05) is 18.2 Å². The van der Waals surface area contributed by atoms with Crippen LogP contribution in [0, 0.1) is 17.7 Å². The first-order valence-corrected chi connectivity index (χ1v) is 14.3. The van der Waals surface area contributed by atoms with Gasteiger partial charge in [0, 0.05) is 13.3 Å². The van der Waals surface area contributed by atoms with E-state index in [9.17, 15) is 45.1 Å². The topological polar surface area (TPSA) is 101 Å². The predicted molar refractivity (Wildman–Crippen MR) is 135 cm³/mol. The molecule has 5 atom stereocenters. The largest absolute Gasteiger partial charge is 0.426 e. The highest BCUT2D eigenvalue weighted by atomic mass is 32.2. The number of Topliss-reactive ketones (excluding diaryl/α,β-unsaturated/α-hetero) is 1. The molecule has 4 rings (SSSR count). The highest BCUT2D eigenvalue weighted by Gasteiger charge is 2.61. The van der Waals surface area contributed by atoms with Crippen molar-refractivity contribution in [1.82, 2.24) is 5.32 Å². The first-order valence-electron chi connectivity index (χ1n) is 12.9. The van der Waals surface area contributed by atoms with E-state index in [1.165, 1.54) is 13.0 Å². The maximum atomic E-state index is 14.8. The zero-order chi connectivity index (χ0) is 29.7. The third-order valence-electron chi connectivity index (χ3n) is 8.43. The number of nitrogens with one attached hydrogen (secondary N) is 1. The Morgan fingerprint density at radius 2 is 1.75 bits per heavy atom. The third-order valence-corrected chi connectivity index (χ3v) is 11.0. The van der Waals surface area contributed by atoms with Crippen LogP contribution in [-0.2, 0) is 36.3 Å². The first kappa shape index (κ1) is 30.1. The Kier molecular flexibility index (Phi) is 7.92. The van der Waals surface area contributed by atoms with Gasteiger partial charge in [0.15, 0.2) is 15.6 Å². The van der Waals surface area contributed by atoms with Crippen molar-refractivity contribution in [1.29, 1.82) is 0 Å². The summed E-state index contributed by atoms with van der Waals surface area (Å²) in [7, 11) is -4.29. The fourth-order valence-electron chi connectivity index (χ4n) is 6.37. The smallest absolute Gasteiger partial charge is 0.394 e. The van der Waals surface area contributed by atoms with Crippen LogP contribution < -0.4 is 5.32 Å². The van der Waals surface area contributed by atoms with E-state index in [4.69, 9.17) is 0 Å². The summed E-state index contributed by atoms with van der Waals surface area (Å²) in [6, 6.07) is 6.34. The lowest BCUT2D eigenvalue weighted by Crippen LogP contribution is -2.46. The minimum Gasteiger partial charge on any atom is -0.394 e. The summed E-state index contributed by atoms with van der Waals surface area (Å²) < 4.78 is 95.8. The Balaban J connectivity index is 1.83. The van der Waals surface area contributed by atoms with Crippen LogP contribution in [0.5, 0.6) is 0 Å². The highest BCUT2D eigenvalue weighted by molar-refractivity contribution is 7.92. The number of ketones is 1. The molecule has 2 unspecified atom stereocenters. The molecule has 2 aliphatic carbocycles. The number of hydrogen-bond acceptors (Lipinski definition) is 5. The molecule has 0 spiro atoms. The van der Waals surface area contributed by atoms with Crippen molar-refractivity contribution in [3.63, 3.8) is 0 Å². The van der Waals surface area contributed by atoms with Crippen LogP contribution >= 0.6 is 0 Å². The number of aliphatic hydroxyl groups is 1. The van der Waals surface area contributed by atoms with E-state index in [0.29, 0.717) is 6.92 Å². The number of aryl methyl sites for hydroxylation is 1. The van der Waals surface area contributed by atoms with E-state index in [2.05, 4.69) is 5.32 Å². The summed E-state index contributed by atoms with van der Waals surface area (Å²) >= 11 is 0. The molecule has 2 N–H and O–H groups in total. The number of fused-ring (bicyclic) bond motifs is 3. The molecule has 1 fully saturated rings. The maximum Gasteiger partial charge on any atom is 0.426 e. The second-order valence-electron chi connectivity index (χ2n) is 10.8.